The van der Waals surface area contributed by atoms with E-state index in [-0.39, 0.29) is 0 Å². The summed E-state index contributed by atoms with van der Waals surface area (Å²) in [6.45, 7) is 6.72. The van der Waals surface area contributed by atoms with E-state index in [1.54, 1.807) is 0 Å². The Kier molecular flexibility index (Phi) is 6.73. The molecule has 0 aliphatic heterocycles. The molecule has 140 valence electrons. The van der Waals surface area contributed by atoms with Crippen molar-refractivity contribution in [3.8, 4) is 5.75 Å². The fourth-order valence-corrected chi connectivity index (χ4v) is 4.29. The third-order valence-electron chi connectivity index (χ3n) is 5.66. The summed E-state index contributed by atoms with van der Waals surface area (Å²) in [5.74, 6) is 2.49. The number of benzene rings is 2. The third-order valence-corrected chi connectivity index (χ3v) is 5.66. The Morgan fingerprint density at radius 3 is 2.65 bits per heavy atom. The van der Waals surface area contributed by atoms with Crippen LogP contribution in [0.1, 0.15) is 43.7 Å². The van der Waals surface area contributed by atoms with Gasteiger partial charge in [-0.3, -0.25) is 0 Å². The molecule has 0 heterocycles. The fourth-order valence-electron chi connectivity index (χ4n) is 4.29. The summed E-state index contributed by atoms with van der Waals surface area (Å²) in [6.07, 6.45) is 5.38. The fraction of sp³-hybridized carbons (Fsp3) is 0.500. The number of ether oxygens (including phenoxy) is 1. The lowest BCUT2D eigenvalue weighted by Crippen LogP contribution is -2.33. The van der Waals surface area contributed by atoms with E-state index in [1.807, 2.05) is 0 Å². The van der Waals surface area contributed by atoms with Crippen molar-refractivity contribution in [1.29, 1.82) is 0 Å². The second kappa shape index (κ2) is 9.23. The Labute approximate surface area is 159 Å². The predicted octanol–water partition coefficient (Wildman–Crippen LogP) is 5.70. The molecule has 3 rings (SSSR count). The van der Waals surface area contributed by atoms with Crippen molar-refractivity contribution in [2.24, 2.45) is 11.8 Å². The Morgan fingerprint density at radius 1 is 1.08 bits per heavy atom. The molecule has 0 N–H and O–H groups in total. The first-order valence-corrected chi connectivity index (χ1v) is 10.1. The van der Waals surface area contributed by atoms with Gasteiger partial charge in [-0.15, -0.1) is 0 Å². The highest BCUT2D eigenvalue weighted by Gasteiger charge is 2.27. The molecule has 1 aliphatic carbocycles. The van der Waals surface area contributed by atoms with Gasteiger partial charge in [0, 0.05) is 13.1 Å². The third kappa shape index (κ3) is 5.60. The quantitative estimate of drug-likeness (QED) is 0.634. The van der Waals surface area contributed by atoms with Crippen molar-refractivity contribution < 1.29 is 4.74 Å². The molecule has 2 nitrogen and oxygen atoms in total. The first-order chi connectivity index (χ1) is 12.6. The molecule has 1 aliphatic rings. The standard InChI is InChI=1S/C24H33NO/c1-19-9-7-13-23(15-19)26-24-14-8-12-22(16-24)20(2)17-25(3)18-21-10-5-4-6-11-21/h4-7,9-11,13,15,20,22,24H,8,12,14,16-18H2,1-3H3. The molecule has 1 fully saturated rings. The summed E-state index contributed by atoms with van der Waals surface area (Å²) in [6, 6.07) is 19.2. The molecule has 0 spiro atoms. The summed E-state index contributed by atoms with van der Waals surface area (Å²) in [7, 11) is 2.24. The molecule has 0 bridgehead atoms. The van der Waals surface area contributed by atoms with Gasteiger partial charge in [0.05, 0.1) is 6.10 Å². The highest BCUT2D eigenvalue weighted by Crippen LogP contribution is 2.33. The van der Waals surface area contributed by atoms with E-state index in [0.29, 0.717) is 12.0 Å². The van der Waals surface area contributed by atoms with Gasteiger partial charge in [-0.25, -0.2) is 0 Å². The number of hydrogen-bond acceptors (Lipinski definition) is 2. The van der Waals surface area contributed by atoms with Crippen LogP contribution < -0.4 is 4.74 Å². The van der Waals surface area contributed by atoms with Crippen LogP contribution in [0.15, 0.2) is 54.6 Å². The zero-order valence-corrected chi connectivity index (χ0v) is 16.5. The van der Waals surface area contributed by atoms with Crippen molar-refractivity contribution in [3.05, 3.63) is 65.7 Å². The molecule has 0 saturated heterocycles. The lowest BCUT2D eigenvalue weighted by molar-refractivity contribution is 0.0913. The number of rotatable bonds is 7. The number of aryl methyl sites for hydroxylation is 1. The van der Waals surface area contributed by atoms with Gasteiger partial charge < -0.3 is 9.64 Å². The smallest absolute Gasteiger partial charge is 0.119 e. The highest BCUT2D eigenvalue weighted by molar-refractivity contribution is 5.27. The highest BCUT2D eigenvalue weighted by atomic mass is 16.5. The first kappa shape index (κ1) is 19.0. The van der Waals surface area contributed by atoms with Crippen molar-refractivity contribution >= 4 is 0 Å². The molecule has 26 heavy (non-hydrogen) atoms. The molecule has 2 heteroatoms. The van der Waals surface area contributed by atoms with Gasteiger partial charge in [0.1, 0.15) is 5.75 Å². The lowest BCUT2D eigenvalue weighted by Gasteiger charge is -2.35. The topological polar surface area (TPSA) is 12.5 Å². The minimum absolute atomic E-state index is 0.373. The molecule has 3 atom stereocenters. The van der Waals surface area contributed by atoms with E-state index in [4.69, 9.17) is 4.74 Å². The molecule has 2 aromatic carbocycles. The van der Waals surface area contributed by atoms with Crippen LogP contribution in [0.3, 0.4) is 0 Å². The molecule has 0 radical (unpaired) electrons. The largest absolute Gasteiger partial charge is 0.490 e. The van der Waals surface area contributed by atoms with Crippen molar-refractivity contribution in [1.82, 2.24) is 4.90 Å². The molecule has 0 amide bonds. The van der Waals surface area contributed by atoms with Gasteiger partial charge in [0.15, 0.2) is 0 Å². The van der Waals surface area contributed by atoms with Crippen LogP contribution in [0, 0.1) is 18.8 Å². The van der Waals surface area contributed by atoms with Crippen LogP contribution in [-0.4, -0.2) is 24.6 Å². The van der Waals surface area contributed by atoms with Gasteiger partial charge in [0.2, 0.25) is 0 Å². The lowest BCUT2D eigenvalue weighted by atomic mass is 9.79. The monoisotopic (exact) mass is 351 g/mol. The second-order valence-corrected chi connectivity index (χ2v) is 8.14. The summed E-state index contributed by atoms with van der Waals surface area (Å²) < 4.78 is 6.30. The van der Waals surface area contributed by atoms with E-state index in [9.17, 15) is 0 Å². The number of hydrogen-bond donors (Lipinski definition) is 0. The van der Waals surface area contributed by atoms with Crippen molar-refractivity contribution in [2.45, 2.75) is 52.2 Å². The Bertz CT molecular complexity index is 669. The second-order valence-electron chi connectivity index (χ2n) is 8.14. The summed E-state index contributed by atoms with van der Waals surface area (Å²) in [5.41, 5.74) is 2.66. The summed E-state index contributed by atoms with van der Waals surface area (Å²) in [5, 5.41) is 0. The average Bonchev–Trinajstić information content (AvgIpc) is 2.62. The molecule has 2 aromatic rings. The van der Waals surface area contributed by atoms with Gasteiger partial charge in [-0.1, -0.05) is 49.4 Å². The first-order valence-electron chi connectivity index (χ1n) is 10.1. The molecule has 0 aromatic heterocycles. The van der Waals surface area contributed by atoms with Gasteiger partial charge in [-0.2, -0.15) is 0 Å². The van der Waals surface area contributed by atoms with Crippen LogP contribution in [0.5, 0.6) is 5.75 Å². The van der Waals surface area contributed by atoms with Crippen molar-refractivity contribution in [3.63, 3.8) is 0 Å². The Morgan fingerprint density at radius 2 is 1.88 bits per heavy atom. The molecular formula is C24H33NO. The van der Waals surface area contributed by atoms with Crippen LogP contribution in [0.4, 0.5) is 0 Å². The predicted molar refractivity (Wildman–Crippen MR) is 109 cm³/mol. The van der Waals surface area contributed by atoms with E-state index in [0.717, 1.165) is 24.8 Å². The van der Waals surface area contributed by atoms with Gasteiger partial charge >= 0.3 is 0 Å². The van der Waals surface area contributed by atoms with E-state index < -0.39 is 0 Å². The Hall–Kier alpha value is -1.80. The van der Waals surface area contributed by atoms with Gasteiger partial charge in [0.25, 0.3) is 0 Å². The minimum atomic E-state index is 0.373. The molecule has 3 unspecified atom stereocenters. The van der Waals surface area contributed by atoms with Crippen LogP contribution in [0.2, 0.25) is 0 Å². The van der Waals surface area contributed by atoms with Crippen molar-refractivity contribution in [2.75, 3.05) is 13.6 Å². The zero-order valence-electron chi connectivity index (χ0n) is 16.5. The normalized spacial score (nSPS) is 21.5. The SMILES string of the molecule is Cc1cccc(OC2CCCC(C(C)CN(C)Cc3ccccc3)C2)c1. The van der Waals surface area contributed by atoms with E-state index in [2.05, 4.69) is 80.4 Å². The number of nitrogens with zero attached hydrogens (tertiary/aromatic N) is 1. The molecule has 1 saturated carbocycles. The zero-order chi connectivity index (χ0) is 18.4. The summed E-state index contributed by atoms with van der Waals surface area (Å²) >= 11 is 0. The van der Waals surface area contributed by atoms with Crippen LogP contribution >= 0.6 is 0 Å². The van der Waals surface area contributed by atoms with Crippen LogP contribution in [-0.2, 0) is 6.54 Å². The minimum Gasteiger partial charge on any atom is -0.490 e. The van der Waals surface area contributed by atoms with Crippen LogP contribution in [0.25, 0.3) is 0 Å². The van der Waals surface area contributed by atoms with E-state index in [1.165, 1.54) is 36.8 Å². The molecular weight excluding hydrogens is 318 g/mol. The Balaban J connectivity index is 1.50. The summed E-state index contributed by atoms with van der Waals surface area (Å²) in [4.78, 5) is 2.46. The maximum absolute atomic E-state index is 6.30. The maximum atomic E-state index is 6.30. The maximum Gasteiger partial charge on any atom is 0.119 e. The van der Waals surface area contributed by atoms with Gasteiger partial charge in [-0.05, 0) is 74.8 Å². The average molecular weight is 352 g/mol. The van der Waals surface area contributed by atoms with E-state index >= 15 is 0 Å².